The molecule has 1 aromatic carbocycles. The van der Waals surface area contributed by atoms with Crippen LogP contribution in [-0.4, -0.2) is 55.3 Å². The van der Waals surface area contributed by atoms with Gasteiger partial charge in [-0.3, -0.25) is 9.88 Å². The molecule has 1 atom stereocenters. The van der Waals surface area contributed by atoms with Crippen molar-refractivity contribution in [3.05, 3.63) is 48.2 Å². The van der Waals surface area contributed by atoms with E-state index in [0.717, 1.165) is 61.7 Å². The number of urea groups is 1. The van der Waals surface area contributed by atoms with Crippen molar-refractivity contribution >= 4 is 11.7 Å². The molecular weight excluding hydrogens is 340 g/mol. The van der Waals surface area contributed by atoms with Crippen molar-refractivity contribution in [2.45, 2.75) is 25.8 Å². The van der Waals surface area contributed by atoms with Gasteiger partial charge in [-0.1, -0.05) is 37.3 Å². The number of benzene rings is 1. The van der Waals surface area contributed by atoms with Crippen molar-refractivity contribution in [1.29, 1.82) is 0 Å². The Morgan fingerprint density at radius 2 is 2.07 bits per heavy atom. The number of nitrogens with one attached hydrogen (secondary N) is 2. The van der Waals surface area contributed by atoms with E-state index in [0.29, 0.717) is 0 Å². The first kappa shape index (κ1) is 19.3. The molecule has 2 amide bonds. The van der Waals surface area contributed by atoms with Crippen LogP contribution in [0.3, 0.4) is 0 Å². The molecule has 6 nitrogen and oxygen atoms in total. The van der Waals surface area contributed by atoms with Gasteiger partial charge in [-0.15, -0.1) is 0 Å². The Labute approximate surface area is 160 Å². The summed E-state index contributed by atoms with van der Waals surface area (Å²) < 4.78 is 5.12. The lowest BCUT2D eigenvalue weighted by Crippen LogP contribution is -2.40. The van der Waals surface area contributed by atoms with Crippen LogP contribution in [0.15, 0.2) is 42.5 Å². The summed E-state index contributed by atoms with van der Waals surface area (Å²) >= 11 is 0. The molecule has 1 aromatic heterocycles. The van der Waals surface area contributed by atoms with E-state index in [9.17, 15) is 4.79 Å². The van der Waals surface area contributed by atoms with Crippen LogP contribution in [-0.2, 0) is 11.2 Å². The summed E-state index contributed by atoms with van der Waals surface area (Å²) in [7, 11) is 1.71. The van der Waals surface area contributed by atoms with Gasteiger partial charge in [-0.25, -0.2) is 4.79 Å². The third-order valence-electron chi connectivity index (χ3n) is 4.83. The number of likely N-dealkylation sites (tertiary alicyclic amines) is 1. The maximum absolute atomic E-state index is 12.5. The van der Waals surface area contributed by atoms with Gasteiger partial charge in [-0.05, 0) is 25.0 Å². The van der Waals surface area contributed by atoms with E-state index in [4.69, 9.17) is 9.72 Å². The highest BCUT2D eigenvalue weighted by Gasteiger charge is 2.23. The number of carbonyl (C=O) groups is 1. The number of aryl methyl sites for hydroxylation is 1. The van der Waals surface area contributed by atoms with Gasteiger partial charge < -0.3 is 15.4 Å². The van der Waals surface area contributed by atoms with Crippen LogP contribution in [0.5, 0.6) is 0 Å². The first-order valence-corrected chi connectivity index (χ1v) is 9.53. The monoisotopic (exact) mass is 368 g/mol. The second-order valence-corrected chi connectivity index (χ2v) is 6.80. The molecule has 0 aliphatic carbocycles. The van der Waals surface area contributed by atoms with Crippen LogP contribution in [0.4, 0.5) is 10.5 Å². The van der Waals surface area contributed by atoms with Crippen molar-refractivity contribution < 1.29 is 9.53 Å². The van der Waals surface area contributed by atoms with Gasteiger partial charge in [0.25, 0.3) is 0 Å². The largest absolute Gasteiger partial charge is 0.383 e. The van der Waals surface area contributed by atoms with Crippen LogP contribution in [0.2, 0.25) is 0 Å². The van der Waals surface area contributed by atoms with Gasteiger partial charge in [0.2, 0.25) is 0 Å². The van der Waals surface area contributed by atoms with Crippen molar-refractivity contribution in [1.82, 2.24) is 15.2 Å². The molecule has 2 aromatic rings. The van der Waals surface area contributed by atoms with Crippen LogP contribution < -0.4 is 10.6 Å². The molecule has 6 heteroatoms. The molecule has 1 aliphatic rings. The Kier molecular flexibility index (Phi) is 6.79. The SMILES string of the molecule is CCc1ccc(NC(=O)NC2CCN(CCOC)C2)c(-c2ccccc2)n1. The summed E-state index contributed by atoms with van der Waals surface area (Å²) in [6.07, 6.45) is 1.81. The molecule has 0 bridgehead atoms. The average Bonchev–Trinajstić information content (AvgIpc) is 3.14. The minimum Gasteiger partial charge on any atom is -0.383 e. The molecule has 1 unspecified atom stereocenters. The molecule has 0 saturated carbocycles. The fourth-order valence-corrected chi connectivity index (χ4v) is 3.33. The number of hydrogen-bond donors (Lipinski definition) is 2. The molecule has 0 spiro atoms. The molecular formula is C21H28N4O2. The summed E-state index contributed by atoms with van der Waals surface area (Å²) in [5.74, 6) is 0. The average molecular weight is 368 g/mol. The number of carbonyl (C=O) groups excluding carboxylic acids is 1. The van der Waals surface area contributed by atoms with Crippen LogP contribution in [0, 0.1) is 0 Å². The fraction of sp³-hybridized carbons (Fsp3) is 0.429. The zero-order chi connectivity index (χ0) is 19.1. The van der Waals surface area contributed by atoms with Crippen molar-refractivity contribution in [3.63, 3.8) is 0 Å². The van der Waals surface area contributed by atoms with E-state index in [-0.39, 0.29) is 12.1 Å². The van der Waals surface area contributed by atoms with Crippen molar-refractivity contribution in [2.24, 2.45) is 0 Å². The Morgan fingerprint density at radius 1 is 1.26 bits per heavy atom. The quantitative estimate of drug-likeness (QED) is 0.788. The minimum absolute atomic E-state index is 0.157. The first-order chi connectivity index (χ1) is 13.2. The van der Waals surface area contributed by atoms with Gasteiger partial charge >= 0.3 is 6.03 Å². The summed E-state index contributed by atoms with van der Waals surface area (Å²) in [6, 6.07) is 13.8. The van der Waals surface area contributed by atoms with Crippen molar-refractivity contribution in [2.75, 3.05) is 38.7 Å². The topological polar surface area (TPSA) is 66.5 Å². The number of anilines is 1. The molecule has 144 valence electrons. The highest BCUT2D eigenvalue weighted by molar-refractivity contribution is 5.93. The predicted octanol–water partition coefficient (Wildman–Crippen LogP) is 3.15. The van der Waals surface area contributed by atoms with E-state index < -0.39 is 0 Å². The molecule has 0 radical (unpaired) electrons. The molecule has 1 fully saturated rings. The molecule has 3 rings (SSSR count). The smallest absolute Gasteiger partial charge is 0.319 e. The number of methoxy groups -OCH3 is 1. The van der Waals surface area contributed by atoms with Gasteiger partial charge in [0.15, 0.2) is 0 Å². The Balaban J connectivity index is 1.66. The number of pyridine rings is 1. The van der Waals surface area contributed by atoms with E-state index >= 15 is 0 Å². The normalized spacial score (nSPS) is 17.0. The summed E-state index contributed by atoms with van der Waals surface area (Å²) in [5, 5.41) is 6.07. The molecule has 2 N–H and O–H groups in total. The van der Waals surface area contributed by atoms with E-state index in [2.05, 4.69) is 22.5 Å². The molecule has 1 aliphatic heterocycles. The summed E-state index contributed by atoms with van der Waals surface area (Å²) in [4.78, 5) is 19.6. The van der Waals surface area contributed by atoms with Crippen molar-refractivity contribution in [3.8, 4) is 11.3 Å². The zero-order valence-corrected chi connectivity index (χ0v) is 16.1. The number of amides is 2. The molecule has 1 saturated heterocycles. The maximum Gasteiger partial charge on any atom is 0.319 e. The molecule has 2 heterocycles. The van der Waals surface area contributed by atoms with Gasteiger partial charge in [0.1, 0.15) is 0 Å². The van der Waals surface area contributed by atoms with E-state index in [1.165, 1.54) is 0 Å². The van der Waals surface area contributed by atoms with Crippen LogP contribution in [0.1, 0.15) is 19.0 Å². The number of nitrogens with zero attached hydrogens (tertiary/aromatic N) is 2. The second-order valence-electron chi connectivity index (χ2n) is 6.80. The number of rotatable bonds is 7. The van der Waals surface area contributed by atoms with E-state index in [1.54, 1.807) is 7.11 Å². The number of aromatic nitrogens is 1. The lowest BCUT2D eigenvalue weighted by molar-refractivity contribution is 0.160. The summed E-state index contributed by atoms with van der Waals surface area (Å²) in [5.41, 5.74) is 3.53. The van der Waals surface area contributed by atoms with Crippen LogP contribution >= 0.6 is 0 Å². The summed E-state index contributed by atoms with van der Waals surface area (Å²) in [6.45, 7) is 5.53. The Hall–Kier alpha value is -2.44. The number of ether oxygens (including phenoxy) is 1. The van der Waals surface area contributed by atoms with Gasteiger partial charge in [-0.2, -0.15) is 0 Å². The second kappa shape index (κ2) is 9.48. The van der Waals surface area contributed by atoms with Gasteiger partial charge in [0.05, 0.1) is 18.0 Å². The van der Waals surface area contributed by atoms with Gasteiger partial charge in [0, 0.05) is 44.0 Å². The minimum atomic E-state index is -0.183. The number of hydrogen-bond acceptors (Lipinski definition) is 4. The third kappa shape index (κ3) is 5.28. The molecule has 27 heavy (non-hydrogen) atoms. The maximum atomic E-state index is 12.5. The Morgan fingerprint density at radius 3 is 2.81 bits per heavy atom. The predicted molar refractivity (Wildman–Crippen MR) is 108 cm³/mol. The third-order valence-corrected chi connectivity index (χ3v) is 4.83. The Bertz CT molecular complexity index is 751. The first-order valence-electron chi connectivity index (χ1n) is 9.53. The zero-order valence-electron chi connectivity index (χ0n) is 16.1. The highest BCUT2D eigenvalue weighted by Crippen LogP contribution is 2.26. The lowest BCUT2D eigenvalue weighted by Gasteiger charge is -2.17. The lowest BCUT2D eigenvalue weighted by atomic mass is 10.1. The standard InChI is InChI=1S/C21H28N4O2/c1-3-17-9-10-19(20(22-17)16-7-5-4-6-8-16)24-21(26)23-18-11-12-25(15-18)13-14-27-2/h4-10,18H,3,11-15H2,1-2H3,(H2,23,24,26). The van der Waals surface area contributed by atoms with Crippen LogP contribution in [0.25, 0.3) is 11.3 Å². The van der Waals surface area contributed by atoms with E-state index in [1.807, 2.05) is 42.5 Å². The fourth-order valence-electron chi connectivity index (χ4n) is 3.33. The highest BCUT2D eigenvalue weighted by atomic mass is 16.5.